The number of nitrogens with one attached hydrogen (secondary N) is 3. The van der Waals surface area contributed by atoms with E-state index in [1.54, 1.807) is 20.8 Å². The highest BCUT2D eigenvalue weighted by atomic mass is 32.2. The fraction of sp³-hybridized carbons (Fsp3) is 0.568. The van der Waals surface area contributed by atoms with Crippen molar-refractivity contribution in [1.82, 2.24) is 20.3 Å². The Balaban J connectivity index is 1.40. The average molecular weight is 709 g/mol. The molecule has 2 heterocycles. The number of ether oxygens (including phenoxy) is 2. The van der Waals surface area contributed by atoms with Crippen molar-refractivity contribution in [2.24, 2.45) is 11.3 Å². The maximum absolute atomic E-state index is 14.3. The van der Waals surface area contributed by atoms with E-state index < -0.39 is 74.1 Å². The molecule has 5 atom stereocenters. The zero-order valence-corrected chi connectivity index (χ0v) is 29.9. The minimum absolute atomic E-state index is 0.0291. The third-order valence-electron chi connectivity index (χ3n) is 9.59. The first-order valence-electron chi connectivity index (χ1n) is 17.4. The molecule has 0 aromatic heterocycles. The number of hydrogen-bond donors (Lipinski definition) is 3. The number of hydrogen-bond acceptors (Lipinski definition) is 8. The Kier molecular flexibility index (Phi) is 11.4. The van der Waals surface area contributed by atoms with E-state index in [0.29, 0.717) is 19.3 Å². The van der Waals surface area contributed by atoms with Crippen molar-refractivity contribution in [3.05, 3.63) is 54.1 Å². The predicted molar refractivity (Wildman–Crippen MR) is 188 cm³/mol. The molecule has 50 heavy (non-hydrogen) atoms. The number of fused-ring (bicyclic) bond motifs is 3. The smallest absolute Gasteiger partial charge is 0.407 e. The number of amides is 4. The fourth-order valence-corrected chi connectivity index (χ4v) is 7.73. The number of alkyl carbamates (subject to hydrolysis) is 1. The molecular formula is C37H48N4O8S. The summed E-state index contributed by atoms with van der Waals surface area (Å²) in [6.45, 7) is 9.42. The van der Waals surface area contributed by atoms with Crippen molar-refractivity contribution in [1.29, 1.82) is 0 Å². The largest absolute Gasteiger partial charge is 0.450 e. The van der Waals surface area contributed by atoms with Gasteiger partial charge in [0.05, 0.1) is 18.0 Å². The summed E-state index contributed by atoms with van der Waals surface area (Å²) in [4.78, 5) is 56.0. The molecule has 3 N–H and O–H groups in total. The summed E-state index contributed by atoms with van der Waals surface area (Å²) in [7, 11) is -3.87. The van der Waals surface area contributed by atoms with Gasteiger partial charge in [0.1, 0.15) is 24.2 Å². The molecule has 4 aliphatic rings. The van der Waals surface area contributed by atoms with Gasteiger partial charge in [0.2, 0.25) is 21.8 Å². The Morgan fingerprint density at radius 3 is 2.60 bits per heavy atom. The lowest BCUT2D eigenvalue weighted by Crippen LogP contribution is -2.60. The number of carbonyl (C=O) groups is 4. The average Bonchev–Trinajstić information content (AvgIpc) is 3.99. The fourth-order valence-electron chi connectivity index (χ4n) is 6.37. The molecule has 270 valence electrons. The van der Waals surface area contributed by atoms with Crippen molar-refractivity contribution in [3.63, 3.8) is 0 Å². The van der Waals surface area contributed by atoms with E-state index in [4.69, 9.17) is 9.47 Å². The highest BCUT2D eigenvalue weighted by Crippen LogP contribution is 2.45. The normalized spacial score (nSPS) is 28.7. The van der Waals surface area contributed by atoms with Gasteiger partial charge in [-0.3, -0.25) is 19.1 Å². The number of carbonyl (C=O) groups excluding carboxylic acids is 4. The monoisotopic (exact) mass is 708 g/mol. The number of rotatable bonds is 6. The van der Waals surface area contributed by atoms with Crippen molar-refractivity contribution in [2.45, 2.75) is 101 Å². The molecule has 1 aromatic carbocycles. The van der Waals surface area contributed by atoms with Gasteiger partial charge in [-0.15, -0.1) is 6.58 Å². The van der Waals surface area contributed by atoms with Crippen LogP contribution in [0.2, 0.25) is 0 Å². The molecule has 3 fully saturated rings. The van der Waals surface area contributed by atoms with Gasteiger partial charge in [-0.25, -0.2) is 13.2 Å². The molecule has 2 saturated carbocycles. The minimum Gasteiger partial charge on any atom is -0.450 e. The van der Waals surface area contributed by atoms with Crippen LogP contribution in [-0.2, 0) is 33.9 Å². The van der Waals surface area contributed by atoms with E-state index in [1.807, 2.05) is 30.3 Å². The summed E-state index contributed by atoms with van der Waals surface area (Å²) in [5, 5.41) is 4.88. The SMILES string of the molecule is C=CC1C[C@]1(NC(=O)[C@@H]1C[C@@H]2CN1C(=O)[C@H](C(C)(C)C)NC(=O)OCCCCC/C=C/c1ccccc1C#CCO2)C(=O)NS(=O)(=O)C1CC1. The maximum Gasteiger partial charge on any atom is 0.407 e. The van der Waals surface area contributed by atoms with Crippen LogP contribution >= 0.6 is 0 Å². The van der Waals surface area contributed by atoms with E-state index in [0.717, 1.165) is 30.4 Å². The topological polar surface area (TPSA) is 160 Å². The molecule has 4 amide bonds. The zero-order chi connectivity index (χ0) is 36.1. The summed E-state index contributed by atoms with van der Waals surface area (Å²) < 4.78 is 38.9. The Labute approximate surface area is 294 Å². The lowest BCUT2D eigenvalue weighted by Gasteiger charge is -2.35. The summed E-state index contributed by atoms with van der Waals surface area (Å²) in [6.07, 6.45) is 8.82. The highest BCUT2D eigenvalue weighted by Gasteiger charge is 2.62. The van der Waals surface area contributed by atoms with Gasteiger partial charge in [-0.1, -0.05) is 69.0 Å². The molecule has 12 nitrogen and oxygen atoms in total. The third-order valence-corrected chi connectivity index (χ3v) is 11.4. The van der Waals surface area contributed by atoms with Crippen molar-refractivity contribution in [3.8, 4) is 11.8 Å². The first-order chi connectivity index (χ1) is 23.7. The quantitative estimate of drug-likeness (QED) is 0.300. The Morgan fingerprint density at radius 1 is 1.14 bits per heavy atom. The van der Waals surface area contributed by atoms with Gasteiger partial charge in [-0.05, 0) is 62.0 Å². The van der Waals surface area contributed by atoms with Crippen LogP contribution in [0.25, 0.3) is 6.08 Å². The van der Waals surface area contributed by atoms with E-state index >= 15 is 0 Å². The molecule has 0 spiro atoms. The van der Waals surface area contributed by atoms with Gasteiger partial charge in [-0.2, -0.15) is 0 Å². The number of allylic oxidation sites excluding steroid dienone is 1. The molecule has 13 heteroatoms. The van der Waals surface area contributed by atoms with Crippen LogP contribution in [0.1, 0.15) is 83.3 Å². The molecule has 1 unspecified atom stereocenters. The van der Waals surface area contributed by atoms with Crippen molar-refractivity contribution >= 4 is 39.9 Å². The second kappa shape index (κ2) is 15.4. The molecule has 5 rings (SSSR count). The van der Waals surface area contributed by atoms with E-state index in [-0.39, 0.29) is 32.6 Å². The first kappa shape index (κ1) is 37.1. The van der Waals surface area contributed by atoms with E-state index in [2.05, 4.69) is 39.9 Å². The predicted octanol–water partition coefficient (Wildman–Crippen LogP) is 3.42. The Morgan fingerprint density at radius 2 is 1.90 bits per heavy atom. The Hall–Kier alpha value is -4.15. The number of sulfonamides is 1. The van der Waals surface area contributed by atoms with Gasteiger partial charge in [0.15, 0.2) is 0 Å². The van der Waals surface area contributed by atoms with Crippen molar-refractivity contribution < 1.29 is 37.1 Å². The van der Waals surface area contributed by atoms with Crippen LogP contribution in [-0.4, -0.2) is 85.9 Å². The molecule has 2 aliphatic heterocycles. The van der Waals surface area contributed by atoms with Gasteiger partial charge < -0.3 is 25.0 Å². The lowest BCUT2D eigenvalue weighted by molar-refractivity contribution is -0.143. The molecular weight excluding hydrogens is 660 g/mol. The maximum atomic E-state index is 14.3. The van der Waals surface area contributed by atoms with Crippen LogP contribution < -0.4 is 15.4 Å². The van der Waals surface area contributed by atoms with Crippen LogP contribution in [0.4, 0.5) is 4.79 Å². The summed E-state index contributed by atoms with van der Waals surface area (Å²) in [6, 6.07) is 5.65. The zero-order valence-electron chi connectivity index (χ0n) is 29.0. The van der Waals surface area contributed by atoms with Gasteiger partial charge in [0, 0.05) is 24.4 Å². The van der Waals surface area contributed by atoms with Crippen molar-refractivity contribution in [2.75, 3.05) is 19.8 Å². The molecule has 1 saturated heterocycles. The molecule has 1 aromatic rings. The van der Waals surface area contributed by atoms with Gasteiger partial charge >= 0.3 is 6.09 Å². The van der Waals surface area contributed by atoms with E-state index in [9.17, 15) is 27.6 Å². The van der Waals surface area contributed by atoms with Crippen LogP contribution in [0, 0.1) is 23.2 Å². The van der Waals surface area contributed by atoms with Crippen LogP contribution in [0.3, 0.4) is 0 Å². The second-order valence-corrected chi connectivity index (χ2v) is 16.5. The number of cyclic esters (lactones) is 1. The van der Waals surface area contributed by atoms with Crippen LogP contribution in [0.15, 0.2) is 43.0 Å². The highest BCUT2D eigenvalue weighted by molar-refractivity contribution is 7.91. The standard InChI is InChI=1S/C37H48N4O8S/c1-5-27-23-37(27,34(44)40-50(46,47)29-18-19-29)39-32(42)30-22-28-24-41(30)33(43)31(36(2,3)4)38-35(45)49-20-12-8-6-7-9-14-25-15-10-11-16-26(25)17-13-21-48-28/h5,9-11,14-16,27-31H,1,6-8,12,18-24H2,2-4H3,(H,38,45)(H,39,42)(H,40,44)/b14-9+/t27?,28-,30+,31-,37-/m1/s1. The molecule has 2 bridgehead atoms. The van der Waals surface area contributed by atoms with Crippen LogP contribution in [0.5, 0.6) is 0 Å². The summed E-state index contributed by atoms with van der Waals surface area (Å²) in [5.74, 6) is 3.76. The number of benzene rings is 1. The number of nitrogens with zero attached hydrogens (tertiary/aromatic N) is 1. The summed E-state index contributed by atoms with van der Waals surface area (Å²) in [5.41, 5.74) is -0.456. The first-order valence-corrected chi connectivity index (χ1v) is 18.9. The molecule has 0 radical (unpaired) electrons. The lowest BCUT2D eigenvalue weighted by atomic mass is 9.85. The van der Waals surface area contributed by atoms with E-state index in [1.165, 1.54) is 11.0 Å². The Bertz CT molecular complexity index is 1690. The summed E-state index contributed by atoms with van der Waals surface area (Å²) >= 11 is 0. The van der Waals surface area contributed by atoms with Gasteiger partial charge in [0.25, 0.3) is 5.91 Å². The minimum atomic E-state index is -3.87. The third kappa shape index (κ3) is 8.95. The molecule has 2 aliphatic carbocycles. The second-order valence-electron chi connectivity index (χ2n) is 14.6.